The molecule has 244 valence electrons. The number of benzene rings is 1. The highest BCUT2D eigenvalue weighted by atomic mass is 19.1. The van der Waals surface area contributed by atoms with Gasteiger partial charge in [0.25, 0.3) is 11.5 Å². The maximum atomic E-state index is 15.3. The first-order valence-electron chi connectivity index (χ1n) is 15.3. The Morgan fingerprint density at radius 3 is 2.55 bits per heavy atom. The van der Waals surface area contributed by atoms with E-state index >= 15 is 4.39 Å². The molecule has 0 radical (unpaired) electrons. The van der Waals surface area contributed by atoms with Crippen LogP contribution in [0.3, 0.4) is 0 Å². The first kappa shape index (κ1) is 31.6. The average Bonchev–Trinajstić information content (AvgIpc) is 3.84. The number of anilines is 1. The summed E-state index contributed by atoms with van der Waals surface area (Å²) in [4.78, 5) is 66.8. The van der Waals surface area contributed by atoms with Crippen molar-refractivity contribution < 1.29 is 23.5 Å². The maximum Gasteiger partial charge on any atom is 0.410 e. The molecule has 0 saturated heterocycles. The van der Waals surface area contributed by atoms with E-state index in [1.807, 2.05) is 6.92 Å². The van der Waals surface area contributed by atoms with E-state index < -0.39 is 34.7 Å². The van der Waals surface area contributed by atoms with E-state index in [1.165, 1.54) is 40.3 Å². The average molecular weight is 644 g/mol. The van der Waals surface area contributed by atoms with Crippen LogP contribution in [-0.4, -0.2) is 53.1 Å². The lowest BCUT2D eigenvalue weighted by Crippen LogP contribution is -2.42. The van der Waals surface area contributed by atoms with Gasteiger partial charge in [-0.1, -0.05) is 6.07 Å². The molecular formula is C33H34FN7O6. The van der Waals surface area contributed by atoms with Crippen molar-refractivity contribution in [2.45, 2.75) is 65.6 Å². The number of carbonyl (C=O) groups excluding carboxylic acids is 2. The lowest BCUT2D eigenvalue weighted by atomic mass is 10.1. The summed E-state index contributed by atoms with van der Waals surface area (Å²) in [6, 6.07) is 7.08. The summed E-state index contributed by atoms with van der Waals surface area (Å²) in [6.45, 7) is 8.08. The van der Waals surface area contributed by atoms with Crippen LogP contribution in [0, 0.1) is 18.7 Å². The number of pyridine rings is 1. The zero-order valence-corrected chi connectivity index (χ0v) is 26.4. The first-order valence-corrected chi connectivity index (χ1v) is 15.3. The van der Waals surface area contributed by atoms with Crippen LogP contribution in [0.2, 0.25) is 0 Å². The molecule has 1 fully saturated rings. The number of nitrogens with one attached hydrogen (secondary N) is 1. The maximum absolute atomic E-state index is 15.3. The Morgan fingerprint density at radius 1 is 1.09 bits per heavy atom. The predicted octanol–water partition coefficient (Wildman–Crippen LogP) is 4.38. The molecule has 1 aliphatic carbocycles. The largest absolute Gasteiger partial charge is 0.444 e. The number of carbonyl (C=O) groups is 2. The van der Waals surface area contributed by atoms with Crippen molar-refractivity contribution >= 4 is 17.7 Å². The smallest absolute Gasteiger partial charge is 0.410 e. The molecule has 1 aliphatic heterocycles. The van der Waals surface area contributed by atoms with Crippen molar-refractivity contribution in [2.75, 3.05) is 11.9 Å². The van der Waals surface area contributed by atoms with Gasteiger partial charge in [0, 0.05) is 42.8 Å². The molecule has 4 aromatic rings. The van der Waals surface area contributed by atoms with E-state index in [0.717, 1.165) is 29.0 Å². The standard InChI is InChI=1S/C33H34FN7O6/c1-19-5-10-27(35-14-19)41-30(43)23(16-40(31(41)44)15-20-6-7-20)28(42)38-21-8-9-26(24(34)13-21)46-29-22-11-12-39(17-25(22)36-18-37-29)32(45)47-33(2,3)4/h5,8-10,13-14,16,18,20H,6-7,11-12,15,17H2,1-4H3,(H,38,42). The van der Waals surface area contributed by atoms with E-state index in [-0.39, 0.29) is 41.2 Å². The van der Waals surface area contributed by atoms with Crippen LogP contribution < -0.4 is 21.3 Å². The molecule has 2 aliphatic rings. The molecule has 0 atom stereocenters. The molecule has 0 unspecified atom stereocenters. The van der Waals surface area contributed by atoms with Crippen LogP contribution in [0.5, 0.6) is 11.6 Å². The van der Waals surface area contributed by atoms with E-state index in [2.05, 4.69) is 20.3 Å². The molecule has 47 heavy (non-hydrogen) atoms. The fraction of sp³-hybridized carbons (Fsp3) is 0.364. The summed E-state index contributed by atoms with van der Waals surface area (Å²) < 4.78 is 28.8. The van der Waals surface area contributed by atoms with Crippen LogP contribution in [0.4, 0.5) is 14.9 Å². The number of aryl methyl sites for hydroxylation is 1. The second kappa shape index (κ2) is 12.4. The van der Waals surface area contributed by atoms with E-state index in [9.17, 15) is 19.2 Å². The van der Waals surface area contributed by atoms with Gasteiger partial charge in [0.05, 0.1) is 12.2 Å². The zero-order chi connectivity index (χ0) is 33.5. The third-order valence-electron chi connectivity index (χ3n) is 7.69. The van der Waals surface area contributed by atoms with Gasteiger partial charge in [-0.25, -0.2) is 33.5 Å². The first-order chi connectivity index (χ1) is 22.4. The highest BCUT2D eigenvalue weighted by Crippen LogP contribution is 2.32. The molecular weight excluding hydrogens is 609 g/mol. The summed E-state index contributed by atoms with van der Waals surface area (Å²) >= 11 is 0. The predicted molar refractivity (Wildman–Crippen MR) is 168 cm³/mol. The number of rotatable bonds is 7. The van der Waals surface area contributed by atoms with Gasteiger partial charge < -0.3 is 19.7 Å². The molecule has 6 rings (SSSR count). The number of ether oxygens (including phenoxy) is 2. The zero-order valence-electron chi connectivity index (χ0n) is 26.4. The summed E-state index contributed by atoms with van der Waals surface area (Å²) in [5.41, 5.74) is -0.248. The van der Waals surface area contributed by atoms with Gasteiger partial charge >= 0.3 is 11.8 Å². The van der Waals surface area contributed by atoms with Gasteiger partial charge in [-0.3, -0.25) is 14.2 Å². The van der Waals surface area contributed by atoms with Gasteiger partial charge in [-0.2, -0.15) is 0 Å². The van der Waals surface area contributed by atoms with Gasteiger partial charge in [-0.15, -0.1) is 0 Å². The Labute approximate surface area is 269 Å². The topological polar surface area (TPSA) is 151 Å². The molecule has 13 nitrogen and oxygen atoms in total. The number of hydrogen-bond donors (Lipinski definition) is 1. The fourth-order valence-corrected chi connectivity index (χ4v) is 5.12. The van der Waals surface area contributed by atoms with Crippen molar-refractivity contribution in [2.24, 2.45) is 5.92 Å². The monoisotopic (exact) mass is 643 g/mol. The molecule has 3 aromatic heterocycles. The second-order valence-electron chi connectivity index (χ2n) is 12.7. The molecule has 14 heteroatoms. The summed E-state index contributed by atoms with van der Waals surface area (Å²) in [5.74, 6) is -1.22. The molecule has 1 saturated carbocycles. The highest BCUT2D eigenvalue weighted by Gasteiger charge is 2.29. The molecule has 2 amide bonds. The lowest BCUT2D eigenvalue weighted by molar-refractivity contribution is 0.0219. The van der Waals surface area contributed by atoms with Crippen molar-refractivity contribution in [3.05, 3.63) is 98.1 Å². The Morgan fingerprint density at radius 2 is 1.87 bits per heavy atom. The number of aromatic nitrogens is 5. The lowest BCUT2D eigenvalue weighted by Gasteiger charge is -2.30. The van der Waals surface area contributed by atoms with Crippen LogP contribution >= 0.6 is 0 Å². The van der Waals surface area contributed by atoms with Crippen molar-refractivity contribution in [1.82, 2.24) is 29.0 Å². The van der Waals surface area contributed by atoms with Crippen molar-refractivity contribution in [1.29, 1.82) is 0 Å². The number of hydrogen-bond acceptors (Lipinski definition) is 9. The number of amides is 2. The third kappa shape index (κ3) is 7.05. The molecule has 0 spiro atoms. The number of fused-ring (bicyclic) bond motifs is 1. The van der Waals surface area contributed by atoms with Gasteiger partial charge in [-0.05, 0) is 76.6 Å². The van der Waals surface area contributed by atoms with Crippen molar-refractivity contribution in [3.63, 3.8) is 0 Å². The van der Waals surface area contributed by atoms with E-state index in [0.29, 0.717) is 30.8 Å². The molecule has 1 aromatic carbocycles. The number of halogens is 1. The Kier molecular flexibility index (Phi) is 8.34. The van der Waals surface area contributed by atoms with Crippen LogP contribution in [0.1, 0.15) is 60.8 Å². The Hall–Kier alpha value is -5.40. The summed E-state index contributed by atoms with van der Waals surface area (Å²) in [7, 11) is 0. The van der Waals surface area contributed by atoms with Gasteiger partial charge in [0.1, 0.15) is 23.3 Å². The minimum absolute atomic E-state index is 0.0666. The Balaban J connectivity index is 1.21. The van der Waals surface area contributed by atoms with Gasteiger partial charge in [0.2, 0.25) is 5.88 Å². The molecule has 0 bridgehead atoms. The van der Waals surface area contributed by atoms with Crippen LogP contribution in [0.15, 0.2) is 58.6 Å². The molecule has 1 N–H and O–H groups in total. The summed E-state index contributed by atoms with van der Waals surface area (Å²) in [5, 5.41) is 2.56. The number of nitrogens with zero attached hydrogens (tertiary/aromatic N) is 6. The van der Waals surface area contributed by atoms with Gasteiger partial charge in [0.15, 0.2) is 11.6 Å². The SMILES string of the molecule is Cc1ccc(-n2c(=O)c(C(=O)Nc3ccc(Oc4ncnc5c4CCN(C(=O)OC(C)(C)C)C5)c(F)c3)cn(CC3CC3)c2=O)nc1. The third-order valence-corrected chi connectivity index (χ3v) is 7.69. The minimum atomic E-state index is -0.838. The highest BCUT2D eigenvalue weighted by molar-refractivity contribution is 6.03. The quantitative estimate of drug-likeness (QED) is 0.310. The Bertz CT molecular complexity index is 1980. The van der Waals surface area contributed by atoms with E-state index in [4.69, 9.17) is 9.47 Å². The second-order valence-corrected chi connectivity index (χ2v) is 12.7. The van der Waals surface area contributed by atoms with Crippen molar-refractivity contribution in [3.8, 4) is 17.4 Å². The molecule has 4 heterocycles. The summed E-state index contributed by atoms with van der Waals surface area (Å²) in [6.07, 6.45) is 5.87. The van der Waals surface area contributed by atoms with E-state index in [1.54, 1.807) is 32.9 Å². The minimum Gasteiger partial charge on any atom is -0.444 e. The van der Waals surface area contributed by atoms with Crippen LogP contribution in [-0.2, 0) is 24.2 Å². The fourth-order valence-electron chi connectivity index (χ4n) is 5.12. The van der Waals surface area contributed by atoms with Crippen LogP contribution in [0.25, 0.3) is 5.82 Å². The normalized spacial score (nSPS) is 14.4.